The maximum atomic E-state index is 10.4. The van der Waals surface area contributed by atoms with Gasteiger partial charge >= 0.3 is 5.97 Å². The Kier molecular flexibility index (Phi) is 2.70. The SMILES string of the molecule is Cc1cc(Cl)nc2c(OCC(=O)O)c[nH]c12. The first kappa shape index (κ1) is 10.8. The lowest BCUT2D eigenvalue weighted by Gasteiger charge is -2.01. The van der Waals surface area contributed by atoms with Gasteiger partial charge in [0.1, 0.15) is 10.7 Å². The predicted molar refractivity (Wildman–Crippen MR) is 59.0 cm³/mol. The van der Waals surface area contributed by atoms with Gasteiger partial charge in [-0.2, -0.15) is 0 Å². The molecule has 0 spiro atoms. The second-order valence-corrected chi connectivity index (χ2v) is 3.71. The third-order valence-corrected chi connectivity index (χ3v) is 2.31. The van der Waals surface area contributed by atoms with Gasteiger partial charge < -0.3 is 14.8 Å². The van der Waals surface area contributed by atoms with Crippen LogP contribution in [0.4, 0.5) is 0 Å². The van der Waals surface area contributed by atoms with Crippen molar-refractivity contribution in [2.75, 3.05) is 6.61 Å². The molecule has 0 radical (unpaired) electrons. The fourth-order valence-electron chi connectivity index (χ4n) is 1.45. The van der Waals surface area contributed by atoms with Crippen molar-refractivity contribution in [3.05, 3.63) is 23.0 Å². The summed E-state index contributed by atoms with van der Waals surface area (Å²) in [6.45, 7) is 1.48. The molecule has 0 amide bonds. The zero-order valence-electron chi connectivity index (χ0n) is 8.45. The van der Waals surface area contributed by atoms with E-state index in [1.54, 1.807) is 12.3 Å². The summed E-state index contributed by atoms with van der Waals surface area (Å²) < 4.78 is 5.08. The number of nitrogens with zero attached hydrogens (tertiary/aromatic N) is 1. The van der Waals surface area contributed by atoms with E-state index < -0.39 is 12.6 Å². The lowest BCUT2D eigenvalue weighted by Crippen LogP contribution is -2.09. The Morgan fingerprint density at radius 1 is 1.69 bits per heavy atom. The molecule has 6 heteroatoms. The minimum atomic E-state index is -1.03. The molecule has 0 aromatic carbocycles. The third-order valence-electron chi connectivity index (χ3n) is 2.12. The van der Waals surface area contributed by atoms with E-state index >= 15 is 0 Å². The van der Waals surface area contributed by atoms with Crippen LogP contribution in [-0.2, 0) is 4.79 Å². The highest BCUT2D eigenvalue weighted by atomic mass is 35.5. The van der Waals surface area contributed by atoms with Gasteiger partial charge in [-0.15, -0.1) is 0 Å². The van der Waals surface area contributed by atoms with Crippen molar-refractivity contribution in [2.24, 2.45) is 0 Å². The zero-order valence-corrected chi connectivity index (χ0v) is 9.21. The average Bonchev–Trinajstić information content (AvgIpc) is 2.58. The molecule has 2 aromatic rings. The first-order chi connectivity index (χ1) is 7.58. The maximum Gasteiger partial charge on any atom is 0.341 e. The molecule has 2 rings (SSSR count). The standard InChI is InChI=1S/C10H9ClN2O3/c1-5-2-7(11)13-10-6(3-12-9(5)10)16-4-8(14)15/h2-3,12H,4H2,1H3,(H,14,15). The number of carbonyl (C=O) groups is 1. The first-order valence-electron chi connectivity index (χ1n) is 4.56. The van der Waals surface area contributed by atoms with Crippen LogP contribution in [0.5, 0.6) is 5.75 Å². The number of carboxylic acids is 1. The Morgan fingerprint density at radius 3 is 3.12 bits per heavy atom. The van der Waals surface area contributed by atoms with Gasteiger partial charge in [-0.3, -0.25) is 0 Å². The second-order valence-electron chi connectivity index (χ2n) is 3.32. The number of pyridine rings is 1. The van der Waals surface area contributed by atoms with Crippen molar-refractivity contribution < 1.29 is 14.6 Å². The normalized spacial score (nSPS) is 10.6. The summed E-state index contributed by atoms with van der Waals surface area (Å²) >= 11 is 5.82. The van der Waals surface area contributed by atoms with Crippen molar-refractivity contribution in [2.45, 2.75) is 6.92 Å². The number of aliphatic carboxylic acids is 1. The summed E-state index contributed by atoms with van der Waals surface area (Å²) in [5.41, 5.74) is 2.27. The molecule has 2 aromatic heterocycles. The highest BCUT2D eigenvalue weighted by Crippen LogP contribution is 2.27. The van der Waals surface area contributed by atoms with Crippen LogP contribution in [0, 0.1) is 6.92 Å². The quantitative estimate of drug-likeness (QED) is 0.805. The Balaban J connectivity index is 2.43. The van der Waals surface area contributed by atoms with Gasteiger partial charge in [0.25, 0.3) is 0 Å². The molecule has 2 heterocycles. The van der Waals surface area contributed by atoms with Crippen LogP contribution in [0.25, 0.3) is 11.0 Å². The number of rotatable bonds is 3. The average molecular weight is 241 g/mol. The summed E-state index contributed by atoms with van der Waals surface area (Å²) in [4.78, 5) is 17.4. The summed E-state index contributed by atoms with van der Waals surface area (Å²) in [7, 11) is 0. The molecule has 0 bridgehead atoms. The van der Waals surface area contributed by atoms with Crippen molar-refractivity contribution in [3.8, 4) is 5.75 Å². The Labute approximate surface area is 96.0 Å². The van der Waals surface area contributed by atoms with Crippen LogP contribution in [-0.4, -0.2) is 27.7 Å². The minimum Gasteiger partial charge on any atom is -0.479 e. The van der Waals surface area contributed by atoms with Crippen LogP contribution in [0.3, 0.4) is 0 Å². The molecule has 0 aliphatic rings. The minimum absolute atomic E-state index is 0.352. The predicted octanol–water partition coefficient (Wildman–Crippen LogP) is 1.99. The van der Waals surface area contributed by atoms with E-state index in [2.05, 4.69) is 9.97 Å². The molecule has 0 atom stereocenters. The number of aryl methyl sites for hydroxylation is 1. The summed E-state index contributed by atoms with van der Waals surface area (Å²) in [6, 6.07) is 1.72. The van der Waals surface area contributed by atoms with E-state index in [4.69, 9.17) is 21.4 Å². The van der Waals surface area contributed by atoms with E-state index in [1.165, 1.54) is 0 Å². The number of nitrogens with one attached hydrogen (secondary N) is 1. The van der Waals surface area contributed by atoms with Crippen molar-refractivity contribution in [1.29, 1.82) is 0 Å². The molecule has 5 nitrogen and oxygen atoms in total. The smallest absolute Gasteiger partial charge is 0.341 e. The summed E-state index contributed by atoms with van der Waals surface area (Å²) in [6.07, 6.45) is 1.57. The van der Waals surface area contributed by atoms with Gasteiger partial charge in [0, 0.05) is 6.20 Å². The topological polar surface area (TPSA) is 75.2 Å². The molecule has 16 heavy (non-hydrogen) atoms. The van der Waals surface area contributed by atoms with Crippen LogP contribution in [0.1, 0.15) is 5.56 Å². The molecule has 0 fully saturated rings. The van der Waals surface area contributed by atoms with Crippen LogP contribution >= 0.6 is 11.6 Å². The highest BCUT2D eigenvalue weighted by molar-refractivity contribution is 6.30. The van der Waals surface area contributed by atoms with Crippen LogP contribution in [0.2, 0.25) is 5.15 Å². The number of hydrogen-bond acceptors (Lipinski definition) is 3. The molecule has 0 saturated carbocycles. The molecule has 0 saturated heterocycles. The molecule has 0 unspecified atom stereocenters. The van der Waals surface area contributed by atoms with Crippen LogP contribution in [0.15, 0.2) is 12.3 Å². The third kappa shape index (κ3) is 1.94. The summed E-state index contributed by atoms with van der Waals surface area (Å²) in [5.74, 6) is -0.642. The number of fused-ring (bicyclic) bond motifs is 1. The zero-order chi connectivity index (χ0) is 11.7. The van der Waals surface area contributed by atoms with Gasteiger partial charge in [-0.05, 0) is 18.6 Å². The fraction of sp³-hybridized carbons (Fsp3) is 0.200. The van der Waals surface area contributed by atoms with Crippen molar-refractivity contribution >= 4 is 28.6 Å². The van der Waals surface area contributed by atoms with Gasteiger partial charge in [0.05, 0.1) is 5.52 Å². The Morgan fingerprint density at radius 2 is 2.44 bits per heavy atom. The number of halogens is 1. The molecular weight excluding hydrogens is 232 g/mol. The number of aromatic amines is 1. The molecular formula is C10H9ClN2O3. The Hall–Kier alpha value is -1.75. The van der Waals surface area contributed by atoms with E-state index in [9.17, 15) is 4.79 Å². The lowest BCUT2D eigenvalue weighted by atomic mass is 10.2. The lowest BCUT2D eigenvalue weighted by molar-refractivity contribution is -0.139. The molecule has 2 N–H and O–H groups in total. The number of ether oxygens (including phenoxy) is 1. The fourth-order valence-corrected chi connectivity index (χ4v) is 1.70. The van der Waals surface area contributed by atoms with E-state index in [0.29, 0.717) is 16.4 Å². The van der Waals surface area contributed by atoms with Crippen molar-refractivity contribution in [3.63, 3.8) is 0 Å². The van der Waals surface area contributed by atoms with Gasteiger partial charge in [-0.25, -0.2) is 9.78 Å². The van der Waals surface area contributed by atoms with E-state index in [0.717, 1.165) is 11.1 Å². The maximum absolute atomic E-state index is 10.4. The summed E-state index contributed by atoms with van der Waals surface area (Å²) in [5, 5.41) is 8.86. The largest absolute Gasteiger partial charge is 0.479 e. The number of aromatic nitrogens is 2. The highest BCUT2D eigenvalue weighted by Gasteiger charge is 2.10. The van der Waals surface area contributed by atoms with Gasteiger partial charge in [0.15, 0.2) is 12.4 Å². The van der Waals surface area contributed by atoms with E-state index in [-0.39, 0.29) is 0 Å². The first-order valence-corrected chi connectivity index (χ1v) is 4.94. The number of hydrogen-bond donors (Lipinski definition) is 2. The number of H-pyrrole nitrogens is 1. The molecule has 0 aliphatic carbocycles. The molecule has 84 valence electrons. The second kappa shape index (κ2) is 4.02. The van der Waals surface area contributed by atoms with Crippen LogP contribution < -0.4 is 4.74 Å². The molecule has 0 aliphatic heterocycles. The number of carboxylic acid groups (broad SMARTS) is 1. The monoisotopic (exact) mass is 240 g/mol. The van der Waals surface area contributed by atoms with E-state index in [1.807, 2.05) is 6.92 Å². The van der Waals surface area contributed by atoms with Gasteiger partial charge in [0.2, 0.25) is 0 Å². The van der Waals surface area contributed by atoms with Gasteiger partial charge in [-0.1, -0.05) is 11.6 Å². The Bertz CT molecular complexity index is 550. The van der Waals surface area contributed by atoms with Crippen molar-refractivity contribution in [1.82, 2.24) is 9.97 Å².